The average molecular weight is 1110 g/mol. The van der Waals surface area contributed by atoms with Crippen molar-refractivity contribution in [2.24, 2.45) is 16.5 Å². The van der Waals surface area contributed by atoms with Gasteiger partial charge in [-0.15, -0.1) is 12.4 Å². The number of carboxylic acids is 1. The van der Waals surface area contributed by atoms with Crippen LogP contribution < -0.4 is 43.8 Å². The topological polar surface area (TPSA) is 283 Å². The van der Waals surface area contributed by atoms with Gasteiger partial charge in [-0.2, -0.15) is 0 Å². The number of carboxylic acid groups (broad SMARTS) is 1. The number of amides is 3. The SMILES string of the molecule is CN1CCC(N)C1=O.CN1CCC(NC(=O)c2cnc(NNC(=S)NC3c4ccccc4CCc4ncccc43)c(Cl)c2)C1=O.Cl.NC(=NC1c2ccccc2CCc2ncccc21)NNc1ncc(C(=O)O)cc1Cl. The number of aryl methyl sites for hydroxylation is 4. The Hall–Kier alpha value is -7.69. The molecule has 2 aliphatic heterocycles. The molecule has 0 saturated carbocycles. The van der Waals surface area contributed by atoms with E-state index in [0.29, 0.717) is 23.9 Å². The number of nitrogens with two attached hydrogens (primary N) is 2. The summed E-state index contributed by atoms with van der Waals surface area (Å²) in [5, 5.41) is 15.8. The number of hydrogen-bond donors (Lipinski definition) is 9. The highest BCUT2D eigenvalue weighted by Crippen LogP contribution is 2.35. The molecule has 2 aromatic carbocycles. The Balaban J connectivity index is 0.000000193. The van der Waals surface area contributed by atoms with Gasteiger partial charge in [0, 0.05) is 74.5 Å². The van der Waals surface area contributed by atoms with Crippen molar-refractivity contribution in [3.05, 3.63) is 176 Å². The van der Waals surface area contributed by atoms with E-state index < -0.39 is 17.9 Å². The van der Waals surface area contributed by atoms with E-state index in [1.807, 2.05) is 48.7 Å². The highest BCUT2D eigenvalue weighted by Gasteiger charge is 2.31. The molecule has 396 valence electrons. The fraction of sp³-hybridized carbons (Fsp3) is 0.269. The summed E-state index contributed by atoms with van der Waals surface area (Å²) in [5.41, 5.74) is 32.0. The number of fused-ring (bicyclic) bond motifs is 4. The number of guanidine groups is 1. The first-order valence-corrected chi connectivity index (χ1v) is 25.1. The quantitative estimate of drug-likeness (QED) is 0.0384. The van der Waals surface area contributed by atoms with Crippen LogP contribution in [-0.4, -0.2) is 109 Å². The molecule has 4 aliphatic rings. The Kier molecular flexibility index (Phi) is 19.0. The van der Waals surface area contributed by atoms with Gasteiger partial charge in [-0.25, -0.2) is 19.8 Å². The zero-order chi connectivity index (χ0) is 53.2. The Bertz CT molecular complexity index is 3050. The van der Waals surface area contributed by atoms with Gasteiger partial charge in [0.2, 0.25) is 17.8 Å². The number of thiocarbonyl (C=S) groups is 1. The molecule has 0 bridgehead atoms. The van der Waals surface area contributed by atoms with Crippen molar-refractivity contribution in [2.75, 3.05) is 38.0 Å². The van der Waals surface area contributed by atoms with Crippen molar-refractivity contribution in [2.45, 2.75) is 62.7 Å². The predicted molar refractivity (Wildman–Crippen MR) is 297 cm³/mol. The predicted octanol–water partition coefficient (Wildman–Crippen LogP) is 5.31. The van der Waals surface area contributed by atoms with E-state index in [4.69, 9.17) is 52.0 Å². The summed E-state index contributed by atoms with van der Waals surface area (Å²) in [4.78, 5) is 71.7. The number of aromatic nitrogens is 4. The first-order valence-electron chi connectivity index (χ1n) is 24.0. The van der Waals surface area contributed by atoms with Gasteiger partial charge in [0.05, 0.1) is 33.3 Å². The summed E-state index contributed by atoms with van der Waals surface area (Å²) in [6.45, 7) is 1.43. The highest BCUT2D eigenvalue weighted by atomic mass is 35.5. The molecule has 4 atom stereocenters. The second kappa shape index (κ2) is 25.7. The van der Waals surface area contributed by atoms with Gasteiger partial charge in [-0.05, 0) is 97.3 Å². The smallest absolute Gasteiger partial charge is 0.337 e. The summed E-state index contributed by atoms with van der Waals surface area (Å²) < 4.78 is 0. The molecule has 0 spiro atoms. The van der Waals surface area contributed by atoms with Crippen LogP contribution in [0.3, 0.4) is 0 Å². The maximum atomic E-state index is 12.6. The average Bonchev–Trinajstić information content (AvgIpc) is 3.75. The largest absolute Gasteiger partial charge is 0.478 e. The maximum Gasteiger partial charge on any atom is 0.337 e. The zero-order valence-corrected chi connectivity index (χ0v) is 44.4. The number of nitrogens with zero attached hydrogens (tertiary/aromatic N) is 7. The fourth-order valence-corrected chi connectivity index (χ4v) is 9.56. The minimum absolute atomic E-state index is 0. The van der Waals surface area contributed by atoms with E-state index >= 15 is 0 Å². The van der Waals surface area contributed by atoms with Crippen molar-refractivity contribution in [1.82, 2.24) is 51.2 Å². The van der Waals surface area contributed by atoms with E-state index in [0.717, 1.165) is 72.3 Å². The molecule has 4 unspecified atom stereocenters. The number of carbonyl (C=O) groups excluding carboxylic acids is 3. The van der Waals surface area contributed by atoms with Crippen LogP contribution in [0.5, 0.6) is 0 Å². The molecule has 2 fully saturated rings. The van der Waals surface area contributed by atoms with E-state index in [9.17, 15) is 19.2 Å². The molecular weight excluding hydrogens is 1050 g/mol. The van der Waals surface area contributed by atoms with E-state index in [1.165, 1.54) is 35.7 Å². The molecule has 76 heavy (non-hydrogen) atoms. The van der Waals surface area contributed by atoms with Crippen molar-refractivity contribution in [3.8, 4) is 0 Å². The third-order valence-electron chi connectivity index (χ3n) is 13.0. The van der Waals surface area contributed by atoms with Crippen molar-refractivity contribution in [3.63, 3.8) is 0 Å². The minimum Gasteiger partial charge on any atom is -0.478 e. The summed E-state index contributed by atoms with van der Waals surface area (Å²) in [5.74, 6) is -0.865. The molecule has 2 saturated heterocycles. The Morgan fingerprint density at radius 1 is 0.697 bits per heavy atom. The normalized spacial score (nSPS) is 18.1. The number of likely N-dealkylation sites (tertiary alicyclic amines) is 2. The number of carbonyl (C=O) groups is 4. The van der Waals surface area contributed by atoms with E-state index in [2.05, 4.69) is 87.6 Å². The Labute approximate surface area is 460 Å². The molecule has 3 amide bonds. The standard InChI is InChI=1S/C26H26ClN7O2S.C21H19ClN6O2.C5H10N2O.ClH/c1-34-12-10-21(25(34)36)30-24(35)16-13-19(27)23(29-14-16)32-33-26(37)31-22-17-6-3-2-5-15(17)8-9-20-18(22)7-4-11-28-20;22-16-10-13(20(29)30)11-25-19(16)27-28-21(23)26-18-14-5-2-1-4-12(14)7-8-17-15(18)6-3-9-24-17;1-7-3-2-4(6)5(7)8;/h2-7,11,13-14,21-22H,8-10,12H2,1H3,(H,29,32)(H,30,35)(H2,31,33,37);1-6,9-11,18H,7-8H2,(H,25,27)(H,29,30)(H3,23,26,28);4H,2-3,6H2,1H3;1H. The second-order valence-corrected chi connectivity index (χ2v) is 19.2. The first kappa shape index (κ1) is 56.0. The van der Waals surface area contributed by atoms with Crippen LogP contribution in [0.15, 0.2) is 115 Å². The van der Waals surface area contributed by atoms with E-state index in [1.54, 1.807) is 30.1 Å². The molecule has 6 heterocycles. The van der Waals surface area contributed by atoms with Crippen LogP contribution in [0.1, 0.15) is 90.4 Å². The highest BCUT2D eigenvalue weighted by molar-refractivity contribution is 7.80. The van der Waals surface area contributed by atoms with Gasteiger partial charge in [0.25, 0.3) is 5.91 Å². The lowest BCUT2D eigenvalue weighted by Gasteiger charge is -2.23. The number of nitrogens with one attached hydrogen (secondary N) is 6. The van der Waals surface area contributed by atoms with Gasteiger partial charge in [-0.1, -0.05) is 83.9 Å². The Morgan fingerprint density at radius 3 is 1.82 bits per heavy atom. The number of hydrogen-bond acceptors (Lipinski definition) is 13. The van der Waals surface area contributed by atoms with Crippen LogP contribution in [0.25, 0.3) is 0 Å². The second-order valence-electron chi connectivity index (χ2n) is 17.9. The number of aromatic carboxylic acids is 1. The lowest BCUT2D eigenvalue weighted by atomic mass is 9.96. The van der Waals surface area contributed by atoms with Crippen molar-refractivity contribution < 1.29 is 24.3 Å². The number of aliphatic imine (C=N–C) groups is 1. The van der Waals surface area contributed by atoms with Crippen molar-refractivity contribution >= 4 is 94.2 Å². The van der Waals surface area contributed by atoms with Gasteiger partial charge in [-0.3, -0.25) is 46.1 Å². The number of hydrazine groups is 2. The summed E-state index contributed by atoms with van der Waals surface area (Å²) in [6, 6.07) is 25.9. The summed E-state index contributed by atoms with van der Waals surface area (Å²) >= 11 is 18.0. The summed E-state index contributed by atoms with van der Waals surface area (Å²) in [6.07, 6.45) is 11.1. The fourth-order valence-electron chi connectivity index (χ4n) is 8.96. The molecule has 20 nitrogen and oxygen atoms in total. The lowest BCUT2D eigenvalue weighted by Crippen LogP contribution is -2.41. The lowest BCUT2D eigenvalue weighted by molar-refractivity contribution is -0.128. The third-order valence-corrected chi connectivity index (χ3v) is 13.8. The van der Waals surface area contributed by atoms with Crippen LogP contribution >= 0.6 is 47.8 Å². The molecule has 0 radical (unpaired) electrons. The zero-order valence-electron chi connectivity index (χ0n) is 41.3. The van der Waals surface area contributed by atoms with Gasteiger partial charge >= 0.3 is 5.97 Å². The van der Waals surface area contributed by atoms with Gasteiger partial charge in [0.1, 0.15) is 12.1 Å². The van der Waals surface area contributed by atoms with Crippen LogP contribution in [0, 0.1) is 0 Å². The first-order chi connectivity index (χ1) is 36.1. The summed E-state index contributed by atoms with van der Waals surface area (Å²) in [7, 11) is 3.49. The minimum atomic E-state index is -1.11. The van der Waals surface area contributed by atoms with E-state index in [-0.39, 0.29) is 75.3 Å². The molecule has 10 rings (SSSR count). The van der Waals surface area contributed by atoms with Crippen LogP contribution in [0.2, 0.25) is 10.0 Å². The molecule has 11 N–H and O–H groups in total. The molecule has 24 heteroatoms. The number of halogens is 3. The molecule has 4 aromatic heterocycles. The van der Waals surface area contributed by atoms with Gasteiger partial charge in [0.15, 0.2) is 16.7 Å². The molecular formula is C52H56Cl3N15O5S. The monoisotopic (exact) mass is 1110 g/mol. The molecule has 6 aromatic rings. The third kappa shape index (κ3) is 13.6. The number of benzene rings is 2. The maximum absolute atomic E-state index is 12.6. The molecule has 2 aliphatic carbocycles. The number of rotatable bonds is 9. The van der Waals surface area contributed by atoms with Crippen LogP contribution in [-0.2, 0) is 35.3 Å². The van der Waals surface area contributed by atoms with Crippen molar-refractivity contribution in [1.29, 1.82) is 0 Å². The Morgan fingerprint density at radius 2 is 1.24 bits per heavy atom. The van der Waals surface area contributed by atoms with Gasteiger partial charge < -0.3 is 37.0 Å². The number of anilines is 2. The van der Waals surface area contributed by atoms with Crippen LogP contribution in [0.4, 0.5) is 11.6 Å². The number of likely N-dealkylation sites (N-methyl/N-ethyl adjacent to an activating group) is 2. The number of pyridine rings is 4.